The first-order chi connectivity index (χ1) is 8.08. The SMILES string of the molecule is COC(CNC(=O)c1cc(Cl)ccc1F)OC. The van der Waals surface area contributed by atoms with Crippen LogP contribution in [0, 0.1) is 5.82 Å². The molecule has 0 bridgehead atoms. The molecule has 1 rings (SSSR count). The Hall–Kier alpha value is -1.17. The third-order valence-corrected chi connectivity index (χ3v) is 2.36. The van der Waals surface area contributed by atoms with Gasteiger partial charge in [-0.3, -0.25) is 4.79 Å². The molecule has 0 aliphatic carbocycles. The molecule has 0 fully saturated rings. The largest absolute Gasteiger partial charge is 0.354 e. The number of rotatable bonds is 5. The van der Waals surface area contributed by atoms with Crippen molar-refractivity contribution in [3.8, 4) is 0 Å². The molecular weight excluding hydrogens is 249 g/mol. The van der Waals surface area contributed by atoms with E-state index in [1.165, 1.54) is 26.4 Å². The topological polar surface area (TPSA) is 47.6 Å². The summed E-state index contributed by atoms with van der Waals surface area (Å²) in [7, 11) is 2.89. The maximum Gasteiger partial charge on any atom is 0.254 e. The zero-order valence-electron chi connectivity index (χ0n) is 9.50. The molecule has 0 saturated carbocycles. The highest BCUT2D eigenvalue weighted by molar-refractivity contribution is 6.30. The smallest absolute Gasteiger partial charge is 0.254 e. The van der Waals surface area contributed by atoms with Crippen LogP contribution in [0.5, 0.6) is 0 Å². The predicted molar refractivity (Wildman–Crippen MR) is 61.5 cm³/mol. The van der Waals surface area contributed by atoms with Crippen molar-refractivity contribution >= 4 is 17.5 Å². The van der Waals surface area contributed by atoms with Gasteiger partial charge in [-0.05, 0) is 18.2 Å². The Kier molecular flexibility index (Phi) is 5.34. The monoisotopic (exact) mass is 261 g/mol. The van der Waals surface area contributed by atoms with Crippen LogP contribution < -0.4 is 5.32 Å². The molecule has 4 nitrogen and oxygen atoms in total. The highest BCUT2D eigenvalue weighted by atomic mass is 35.5. The molecule has 6 heteroatoms. The van der Waals surface area contributed by atoms with Crippen LogP contribution in [0.4, 0.5) is 4.39 Å². The molecule has 1 aromatic rings. The lowest BCUT2D eigenvalue weighted by Gasteiger charge is -2.14. The minimum atomic E-state index is -0.627. The standard InChI is InChI=1S/C11H13ClFNO3/c1-16-10(17-2)6-14-11(15)8-5-7(12)3-4-9(8)13/h3-5,10H,6H2,1-2H3,(H,14,15). The molecule has 1 aromatic carbocycles. The summed E-state index contributed by atoms with van der Waals surface area (Å²) in [5, 5.41) is 2.78. The highest BCUT2D eigenvalue weighted by Crippen LogP contribution is 2.14. The van der Waals surface area contributed by atoms with Crippen molar-refractivity contribution in [1.82, 2.24) is 5.32 Å². The molecule has 1 amide bonds. The van der Waals surface area contributed by atoms with Gasteiger partial charge in [0, 0.05) is 19.2 Å². The van der Waals surface area contributed by atoms with Gasteiger partial charge in [0.2, 0.25) is 0 Å². The molecule has 0 atom stereocenters. The maximum absolute atomic E-state index is 13.3. The Morgan fingerprint density at radius 2 is 2.12 bits per heavy atom. The third-order valence-electron chi connectivity index (χ3n) is 2.13. The van der Waals surface area contributed by atoms with Crippen LogP contribution in [0.15, 0.2) is 18.2 Å². The number of benzene rings is 1. The number of amides is 1. The second-order valence-electron chi connectivity index (χ2n) is 3.24. The second kappa shape index (κ2) is 6.54. The van der Waals surface area contributed by atoms with Crippen molar-refractivity contribution in [2.45, 2.75) is 6.29 Å². The highest BCUT2D eigenvalue weighted by Gasteiger charge is 2.14. The minimum Gasteiger partial charge on any atom is -0.354 e. The summed E-state index contributed by atoms with van der Waals surface area (Å²) in [5.74, 6) is -1.19. The van der Waals surface area contributed by atoms with Crippen molar-refractivity contribution in [3.63, 3.8) is 0 Å². The van der Waals surface area contributed by atoms with Gasteiger partial charge in [-0.15, -0.1) is 0 Å². The lowest BCUT2D eigenvalue weighted by atomic mass is 10.2. The van der Waals surface area contributed by atoms with Gasteiger partial charge >= 0.3 is 0 Å². The van der Waals surface area contributed by atoms with Crippen LogP contribution in [0.25, 0.3) is 0 Å². The van der Waals surface area contributed by atoms with E-state index in [9.17, 15) is 9.18 Å². The van der Waals surface area contributed by atoms with Gasteiger partial charge in [0.1, 0.15) is 5.82 Å². The number of nitrogens with one attached hydrogen (secondary N) is 1. The van der Waals surface area contributed by atoms with E-state index in [-0.39, 0.29) is 12.1 Å². The lowest BCUT2D eigenvalue weighted by molar-refractivity contribution is -0.0974. The summed E-state index contributed by atoms with van der Waals surface area (Å²) in [6.07, 6.45) is -0.568. The van der Waals surface area contributed by atoms with E-state index in [4.69, 9.17) is 21.1 Å². The fourth-order valence-electron chi connectivity index (χ4n) is 1.21. The number of carbonyl (C=O) groups excluding carboxylic acids is 1. The van der Waals surface area contributed by atoms with Crippen LogP contribution in [-0.4, -0.2) is 33.0 Å². The number of methoxy groups -OCH3 is 2. The van der Waals surface area contributed by atoms with Crippen LogP contribution in [0.2, 0.25) is 5.02 Å². The number of hydrogen-bond donors (Lipinski definition) is 1. The zero-order chi connectivity index (χ0) is 12.8. The Morgan fingerprint density at radius 1 is 1.47 bits per heavy atom. The predicted octanol–water partition coefficient (Wildman–Crippen LogP) is 1.83. The van der Waals surface area contributed by atoms with Gasteiger partial charge in [0.25, 0.3) is 5.91 Å². The number of ether oxygens (including phenoxy) is 2. The maximum atomic E-state index is 13.3. The van der Waals surface area contributed by atoms with E-state index in [1.807, 2.05) is 0 Å². The van der Waals surface area contributed by atoms with Crippen LogP contribution >= 0.6 is 11.6 Å². The fraction of sp³-hybridized carbons (Fsp3) is 0.364. The molecular formula is C11H13ClFNO3. The summed E-state index contributed by atoms with van der Waals surface area (Å²) in [6, 6.07) is 3.78. The van der Waals surface area contributed by atoms with Gasteiger partial charge in [-0.2, -0.15) is 0 Å². The first-order valence-electron chi connectivity index (χ1n) is 4.87. The second-order valence-corrected chi connectivity index (χ2v) is 3.67. The average molecular weight is 262 g/mol. The first-order valence-corrected chi connectivity index (χ1v) is 5.25. The molecule has 0 aliphatic rings. The van der Waals surface area contributed by atoms with Crippen LogP contribution in [0.3, 0.4) is 0 Å². The Bertz CT molecular complexity index is 396. The van der Waals surface area contributed by atoms with E-state index in [0.717, 1.165) is 6.07 Å². The van der Waals surface area contributed by atoms with E-state index in [0.29, 0.717) is 5.02 Å². The molecule has 1 N–H and O–H groups in total. The van der Waals surface area contributed by atoms with Gasteiger partial charge in [-0.1, -0.05) is 11.6 Å². The Balaban J connectivity index is 2.66. The third kappa shape index (κ3) is 3.96. The minimum absolute atomic E-state index is 0.108. The molecule has 0 unspecified atom stereocenters. The first kappa shape index (κ1) is 13.9. The van der Waals surface area contributed by atoms with Gasteiger partial charge in [-0.25, -0.2) is 4.39 Å². The number of hydrogen-bond acceptors (Lipinski definition) is 3. The molecule has 0 heterocycles. The number of carbonyl (C=O) groups is 1. The summed E-state index contributed by atoms with van der Waals surface area (Å²) in [6.45, 7) is 0.123. The Labute approximate surface area is 104 Å². The van der Waals surface area contributed by atoms with Crippen molar-refractivity contribution in [2.24, 2.45) is 0 Å². The van der Waals surface area contributed by atoms with E-state index in [1.54, 1.807) is 0 Å². The van der Waals surface area contributed by atoms with E-state index in [2.05, 4.69) is 5.32 Å². The lowest BCUT2D eigenvalue weighted by Crippen LogP contribution is -2.34. The number of halogens is 2. The van der Waals surface area contributed by atoms with Gasteiger partial charge in [0.15, 0.2) is 6.29 Å². The van der Waals surface area contributed by atoms with Gasteiger partial charge < -0.3 is 14.8 Å². The van der Waals surface area contributed by atoms with Crippen LogP contribution in [-0.2, 0) is 9.47 Å². The van der Waals surface area contributed by atoms with Crippen molar-refractivity contribution < 1.29 is 18.7 Å². The summed E-state index contributed by atoms with van der Waals surface area (Å²) in [5.41, 5.74) is -0.108. The zero-order valence-corrected chi connectivity index (χ0v) is 10.3. The van der Waals surface area contributed by atoms with Crippen LogP contribution in [0.1, 0.15) is 10.4 Å². The fourth-order valence-corrected chi connectivity index (χ4v) is 1.38. The van der Waals surface area contributed by atoms with Crippen molar-refractivity contribution in [3.05, 3.63) is 34.6 Å². The van der Waals surface area contributed by atoms with Crippen molar-refractivity contribution in [1.29, 1.82) is 0 Å². The summed E-state index contributed by atoms with van der Waals surface area (Å²) >= 11 is 5.68. The quantitative estimate of drug-likeness (QED) is 0.823. The van der Waals surface area contributed by atoms with Crippen molar-refractivity contribution in [2.75, 3.05) is 20.8 Å². The average Bonchev–Trinajstić information content (AvgIpc) is 2.33. The molecule has 0 aliphatic heterocycles. The van der Waals surface area contributed by atoms with Gasteiger partial charge in [0.05, 0.1) is 12.1 Å². The molecule has 0 radical (unpaired) electrons. The molecule has 0 aromatic heterocycles. The molecule has 94 valence electrons. The molecule has 17 heavy (non-hydrogen) atoms. The van der Waals surface area contributed by atoms with E-state index >= 15 is 0 Å². The molecule has 0 spiro atoms. The normalized spacial score (nSPS) is 10.6. The molecule has 0 saturated heterocycles. The van der Waals surface area contributed by atoms with E-state index < -0.39 is 18.0 Å². The summed E-state index contributed by atoms with van der Waals surface area (Å²) < 4.78 is 23.1. The Morgan fingerprint density at radius 3 is 2.71 bits per heavy atom. The summed E-state index contributed by atoms with van der Waals surface area (Å²) in [4.78, 5) is 11.6.